The largest absolute Gasteiger partial charge is 0.486 e. The molecule has 3 rings (SSSR count). The SMILES string of the molecule is CCc1cnc(NCC2COc3ccccc3O2)nc1C(C)C. The molecule has 0 saturated heterocycles. The molecule has 1 aliphatic rings. The second-order valence-corrected chi connectivity index (χ2v) is 5.99. The lowest BCUT2D eigenvalue weighted by atomic mass is 10.0. The molecular formula is C18H23N3O2. The third-order valence-electron chi connectivity index (χ3n) is 3.88. The van der Waals surface area contributed by atoms with Crippen molar-refractivity contribution in [3.05, 3.63) is 41.7 Å². The molecule has 0 spiro atoms. The summed E-state index contributed by atoms with van der Waals surface area (Å²) in [6.07, 6.45) is 2.81. The van der Waals surface area contributed by atoms with Crippen LogP contribution in [0, 0.1) is 0 Å². The highest BCUT2D eigenvalue weighted by atomic mass is 16.6. The van der Waals surface area contributed by atoms with E-state index in [1.807, 2.05) is 30.5 Å². The van der Waals surface area contributed by atoms with Gasteiger partial charge in [0.2, 0.25) is 5.95 Å². The average molecular weight is 313 g/mol. The van der Waals surface area contributed by atoms with E-state index in [4.69, 9.17) is 9.47 Å². The third-order valence-corrected chi connectivity index (χ3v) is 3.88. The summed E-state index contributed by atoms with van der Waals surface area (Å²) >= 11 is 0. The van der Waals surface area contributed by atoms with Crippen LogP contribution in [-0.2, 0) is 6.42 Å². The fraction of sp³-hybridized carbons (Fsp3) is 0.444. The van der Waals surface area contributed by atoms with Gasteiger partial charge in [0.15, 0.2) is 11.5 Å². The molecule has 1 atom stereocenters. The quantitative estimate of drug-likeness (QED) is 0.916. The van der Waals surface area contributed by atoms with Gasteiger partial charge in [-0.05, 0) is 30.0 Å². The van der Waals surface area contributed by atoms with Crippen molar-refractivity contribution in [1.82, 2.24) is 9.97 Å². The Balaban J connectivity index is 1.64. The van der Waals surface area contributed by atoms with E-state index in [1.54, 1.807) is 0 Å². The molecule has 1 N–H and O–H groups in total. The Morgan fingerprint density at radius 3 is 2.78 bits per heavy atom. The standard InChI is InChI=1S/C18H23N3O2/c1-4-13-9-19-18(21-17(13)12(2)3)20-10-14-11-22-15-7-5-6-8-16(15)23-14/h5-9,12,14H,4,10-11H2,1-3H3,(H,19,20,21). The Bertz CT molecular complexity index is 673. The van der Waals surface area contributed by atoms with Crippen LogP contribution in [0.25, 0.3) is 0 Å². The Morgan fingerprint density at radius 2 is 2.04 bits per heavy atom. The molecular weight excluding hydrogens is 290 g/mol. The number of benzene rings is 1. The average Bonchev–Trinajstić information content (AvgIpc) is 2.59. The summed E-state index contributed by atoms with van der Waals surface area (Å²) in [5.41, 5.74) is 2.31. The molecule has 1 aromatic heterocycles. The second-order valence-electron chi connectivity index (χ2n) is 5.99. The second kappa shape index (κ2) is 6.86. The van der Waals surface area contributed by atoms with E-state index in [1.165, 1.54) is 5.56 Å². The molecule has 0 fully saturated rings. The van der Waals surface area contributed by atoms with E-state index in [9.17, 15) is 0 Å². The molecule has 1 unspecified atom stereocenters. The van der Waals surface area contributed by atoms with E-state index >= 15 is 0 Å². The molecule has 5 heteroatoms. The Hall–Kier alpha value is -2.30. The first-order valence-corrected chi connectivity index (χ1v) is 8.15. The molecule has 0 amide bonds. The number of rotatable bonds is 5. The number of para-hydroxylation sites is 2. The topological polar surface area (TPSA) is 56.3 Å². The van der Waals surface area contributed by atoms with Gasteiger partial charge in [0, 0.05) is 6.20 Å². The van der Waals surface area contributed by atoms with E-state index in [0.717, 1.165) is 23.6 Å². The first kappa shape index (κ1) is 15.6. The fourth-order valence-electron chi connectivity index (χ4n) is 2.65. The molecule has 1 aromatic carbocycles. The molecule has 2 aromatic rings. The monoisotopic (exact) mass is 313 g/mol. The molecule has 2 heterocycles. The molecule has 122 valence electrons. The highest BCUT2D eigenvalue weighted by Crippen LogP contribution is 2.30. The number of aryl methyl sites for hydroxylation is 1. The zero-order valence-corrected chi connectivity index (χ0v) is 13.9. The predicted octanol–water partition coefficient (Wildman–Crippen LogP) is 3.41. The third kappa shape index (κ3) is 3.55. The Morgan fingerprint density at radius 1 is 1.26 bits per heavy atom. The lowest BCUT2D eigenvalue weighted by Gasteiger charge is -2.26. The van der Waals surface area contributed by atoms with Gasteiger partial charge in [0.25, 0.3) is 0 Å². The van der Waals surface area contributed by atoms with Crippen LogP contribution in [0.3, 0.4) is 0 Å². The van der Waals surface area contributed by atoms with Crippen molar-refractivity contribution in [3.63, 3.8) is 0 Å². The number of ether oxygens (including phenoxy) is 2. The van der Waals surface area contributed by atoms with Crippen molar-refractivity contribution in [2.45, 2.75) is 39.2 Å². The zero-order chi connectivity index (χ0) is 16.2. The normalized spacial score (nSPS) is 16.4. The maximum atomic E-state index is 5.93. The van der Waals surface area contributed by atoms with Crippen molar-refractivity contribution in [3.8, 4) is 11.5 Å². The minimum Gasteiger partial charge on any atom is -0.486 e. The van der Waals surface area contributed by atoms with Gasteiger partial charge in [-0.1, -0.05) is 32.9 Å². The Kier molecular flexibility index (Phi) is 4.65. The predicted molar refractivity (Wildman–Crippen MR) is 90.3 cm³/mol. The maximum absolute atomic E-state index is 5.93. The number of aromatic nitrogens is 2. The minimum absolute atomic E-state index is 0.0538. The van der Waals surface area contributed by atoms with Gasteiger partial charge in [0.1, 0.15) is 12.7 Å². The number of hydrogen-bond acceptors (Lipinski definition) is 5. The van der Waals surface area contributed by atoms with Crippen LogP contribution in [0.2, 0.25) is 0 Å². The molecule has 0 bridgehead atoms. The van der Waals surface area contributed by atoms with E-state index in [-0.39, 0.29) is 6.10 Å². The van der Waals surface area contributed by atoms with Crippen molar-refractivity contribution in [2.24, 2.45) is 0 Å². The van der Waals surface area contributed by atoms with Gasteiger partial charge in [-0.15, -0.1) is 0 Å². The van der Waals surface area contributed by atoms with Crippen LogP contribution in [0.4, 0.5) is 5.95 Å². The smallest absolute Gasteiger partial charge is 0.223 e. The fourth-order valence-corrected chi connectivity index (χ4v) is 2.65. The summed E-state index contributed by atoms with van der Waals surface area (Å²) in [5.74, 6) is 2.62. The highest BCUT2D eigenvalue weighted by Gasteiger charge is 2.20. The van der Waals surface area contributed by atoms with Crippen LogP contribution in [0.15, 0.2) is 30.5 Å². The van der Waals surface area contributed by atoms with Crippen molar-refractivity contribution in [1.29, 1.82) is 0 Å². The molecule has 0 saturated carbocycles. The van der Waals surface area contributed by atoms with Crippen molar-refractivity contribution < 1.29 is 9.47 Å². The van der Waals surface area contributed by atoms with Gasteiger partial charge < -0.3 is 14.8 Å². The van der Waals surface area contributed by atoms with Crippen LogP contribution in [0.5, 0.6) is 11.5 Å². The summed E-state index contributed by atoms with van der Waals surface area (Å²) in [6.45, 7) is 7.56. The van der Waals surface area contributed by atoms with Crippen LogP contribution in [0.1, 0.15) is 37.9 Å². The molecule has 0 radical (unpaired) electrons. The van der Waals surface area contributed by atoms with Gasteiger partial charge >= 0.3 is 0 Å². The van der Waals surface area contributed by atoms with Gasteiger partial charge in [0.05, 0.1) is 12.2 Å². The highest BCUT2D eigenvalue weighted by molar-refractivity contribution is 5.41. The Labute approximate surface area is 137 Å². The van der Waals surface area contributed by atoms with E-state index < -0.39 is 0 Å². The first-order valence-electron chi connectivity index (χ1n) is 8.15. The summed E-state index contributed by atoms with van der Waals surface area (Å²) in [7, 11) is 0. The van der Waals surface area contributed by atoms with E-state index in [0.29, 0.717) is 25.0 Å². The summed E-state index contributed by atoms with van der Waals surface area (Å²) in [4.78, 5) is 9.06. The summed E-state index contributed by atoms with van der Waals surface area (Å²) in [6, 6.07) is 7.72. The minimum atomic E-state index is -0.0538. The molecule has 5 nitrogen and oxygen atoms in total. The zero-order valence-electron chi connectivity index (χ0n) is 13.9. The number of fused-ring (bicyclic) bond motifs is 1. The molecule has 23 heavy (non-hydrogen) atoms. The lowest BCUT2D eigenvalue weighted by Crippen LogP contribution is -2.35. The molecule has 0 aliphatic carbocycles. The van der Waals surface area contributed by atoms with Crippen LogP contribution >= 0.6 is 0 Å². The summed E-state index contributed by atoms with van der Waals surface area (Å²) < 4.78 is 11.7. The van der Waals surface area contributed by atoms with Crippen LogP contribution < -0.4 is 14.8 Å². The molecule has 1 aliphatic heterocycles. The van der Waals surface area contributed by atoms with Gasteiger partial charge in [-0.3, -0.25) is 0 Å². The number of anilines is 1. The van der Waals surface area contributed by atoms with Gasteiger partial charge in [-0.2, -0.15) is 0 Å². The van der Waals surface area contributed by atoms with Gasteiger partial charge in [-0.25, -0.2) is 9.97 Å². The van der Waals surface area contributed by atoms with E-state index in [2.05, 4.69) is 36.1 Å². The number of hydrogen-bond donors (Lipinski definition) is 1. The maximum Gasteiger partial charge on any atom is 0.223 e. The number of nitrogens with zero attached hydrogens (tertiary/aromatic N) is 2. The van der Waals surface area contributed by atoms with Crippen molar-refractivity contribution >= 4 is 5.95 Å². The van der Waals surface area contributed by atoms with Crippen molar-refractivity contribution in [2.75, 3.05) is 18.5 Å². The summed E-state index contributed by atoms with van der Waals surface area (Å²) in [5, 5.41) is 3.26. The first-order chi connectivity index (χ1) is 11.2. The van der Waals surface area contributed by atoms with Crippen LogP contribution in [-0.4, -0.2) is 29.2 Å². The lowest BCUT2D eigenvalue weighted by molar-refractivity contribution is 0.0996. The number of nitrogens with one attached hydrogen (secondary N) is 1.